The minimum Gasteiger partial charge on any atom is -0.389 e. The van der Waals surface area contributed by atoms with Gasteiger partial charge in [0.1, 0.15) is 0 Å². The first-order chi connectivity index (χ1) is 6.87. The Kier molecular flexibility index (Phi) is 6.41. The molecule has 15 heavy (non-hydrogen) atoms. The van der Waals surface area contributed by atoms with Gasteiger partial charge in [-0.25, -0.2) is 0 Å². The number of aliphatic hydroxyl groups is 1. The van der Waals surface area contributed by atoms with Crippen molar-refractivity contribution in [2.75, 3.05) is 13.6 Å². The van der Waals surface area contributed by atoms with Gasteiger partial charge < -0.3 is 15.7 Å². The van der Waals surface area contributed by atoms with E-state index in [0.29, 0.717) is 18.6 Å². The molecule has 0 fully saturated rings. The van der Waals surface area contributed by atoms with E-state index in [1.165, 1.54) is 0 Å². The highest BCUT2D eigenvalue weighted by atomic mass is 16.3. The predicted molar refractivity (Wildman–Crippen MR) is 65.9 cm³/mol. The Bertz CT molecular complexity index is 167. The Morgan fingerprint density at radius 2 is 1.80 bits per heavy atom. The van der Waals surface area contributed by atoms with E-state index in [0.717, 1.165) is 19.3 Å². The Hall–Kier alpha value is -0.120. The summed E-state index contributed by atoms with van der Waals surface area (Å²) in [6.07, 6.45) is 3.04. The monoisotopic (exact) mass is 216 g/mol. The predicted octanol–water partition coefficient (Wildman–Crippen LogP) is 1.60. The van der Waals surface area contributed by atoms with Crippen molar-refractivity contribution in [3.63, 3.8) is 0 Å². The average Bonchev–Trinajstić information content (AvgIpc) is 2.19. The number of rotatable bonds is 7. The molecule has 3 N–H and O–H groups in total. The van der Waals surface area contributed by atoms with E-state index in [-0.39, 0.29) is 0 Å². The molecule has 0 aromatic rings. The first-order valence-corrected chi connectivity index (χ1v) is 6.02. The fourth-order valence-electron chi connectivity index (χ4n) is 2.09. The van der Waals surface area contributed by atoms with Gasteiger partial charge >= 0.3 is 0 Å². The summed E-state index contributed by atoms with van der Waals surface area (Å²) in [7, 11) is 2.13. The lowest BCUT2D eigenvalue weighted by Gasteiger charge is -2.35. The van der Waals surface area contributed by atoms with Gasteiger partial charge in [0, 0.05) is 18.6 Å². The third-order valence-electron chi connectivity index (χ3n) is 3.39. The number of hydrogen-bond donors (Lipinski definition) is 2. The Morgan fingerprint density at radius 1 is 1.33 bits per heavy atom. The van der Waals surface area contributed by atoms with Crippen molar-refractivity contribution in [3.8, 4) is 0 Å². The zero-order chi connectivity index (χ0) is 12.1. The van der Waals surface area contributed by atoms with Crippen molar-refractivity contribution >= 4 is 0 Å². The molecule has 0 saturated carbocycles. The van der Waals surface area contributed by atoms with Gasteiger partial charge in [0.2, 0.25) is 0 Å². The summed E-state index contributed by atoms with van der Waals surface area (Å²) in [4.78, 5) is 2.35. The molecule has 0 saturated heterocycles. The minimum absolute atomic E-state index is 0.327. The largest absolute Gasteiger partial charge is 0.389 e. The molecule has 2 atom stereocenters. The fraction of sp³-hybridized carbons (Fsp3) is 1.00. The van der Waals surface area contributed by atoms with Crippen molar-refractivity contribution in [1.82, 2.24) is 4.90 Å². The molecule has 0 amide bonds. The van der Waals surface area contributed by atoms with E-state index in [9.17, 15) is 5.11 Å². The number of nitrogens with two attached hydrogens (primary N) is 1. The van der Waals surface area contributed by atoms with E-state index in [4.69, 9.17) is 5.73 Å². The topological polar surface area (TPSA) is 49.5 Å². The number of nitrogens with zero attached hydrogens (tertiary/aromatic N) is 1. The van der Waals surface area contributed by atoms with Crippen LogP contribution in [-0.2, 0) is 0 Å². The van der Waals surface area contributed by atoms with Crippen molar-refractivity contribution in [1.29, 1.82) is 0 Å². The van der Waals surface area contributed by atoms with E-state index in [1.807, 2.05) is 6.92 Å². The molecule has 0 radical (unpaired) electrons. The lowest BCUT2D eigenvalue weighted by atomic mass is 9.96. The maximum Gasteiger partial charge on any atom is 0.0756 e. The van der Waals surface area contributed by atoms with E-state index in [1.54, 1.807) is 0 Å². The quantitative estimate of drug-likeness (QED) is 0.679. The van der Waals surface area contributed by atoms with Crippen LogP contribution in [0.15, 0.2) is 0 Å². The normalized spacial score (nSPS) is 18.2. The molecule has 0 aliphatic rings. The first kappa shape index (κ1) is 14.9. The van der Waals surface area contributed by atoms with Crippen molar-refractivity contribution in [2.45, 2.75) is 64.6 Å². The molecular weight excluding hydrogens is 188 g/mol. The molecule has 0 bridgehead atoms. The lowest BCUT2D eigenvalue weighted by molar-refractivity contribution is 0.0246. The van der Waals surface area contributed by atoms with Crippen LogP contribution >= 0.6 is 0 Å². The van der Waals surface area contributed by atoms with Gasteiger partial charge in [-0.2, -0.15) is 0 Å². The maximum atomic E-state index is 9.92. The second-order valence-corrected chi connectivity index (χ2v) is 4.89. The molecule has 92 valence electrons. The Labute approximate surface area is 94.6 Å². The zero-order valence-corrected chi connectivity index (χ0v) is 11.0. The van der Waals surface area contributed by atoms with Crippen LogP contribution in [0.25, 0.3) is 0 Å². The molecule has 0 aromatic heterocycles. The smallest absolute Gasteiger partial charge is 0.0756 e. The Morgan fingerprint density at radius 3 is 2.13 bits per heavy atom. The highest BCUT2D eigenvalue weighted by molar-refractivity contribution is 4.81. The van der Waals surface area contributed by atoms with Gasteiger partial charge in [0.05, 0.1) is 5.60 Å². The molecule has 0 rings (SSSR count). The lowest BCUT2D eigenvalue weighted by Crippen LogP contribution is -2.45. The van der Waals surface area contributed by atoms with Gasteiger partial charge in [0.15, 0.2) is 0 Å². The summed E-state index contributed by atoms with van der Waals surface area (Å²) in [5.74, 6) is 0. The maximum absolute atomic E-state index is 9.92. The Balaban J connectivity index is 4.25. The molecular formula is C12H28N2O. The van der Waals surface area contributed by atoms with E-state index >= 15 is 0 Å². The van der Waals surface area contributed by atoms with Gasteiger partial charge in [0.25, 0.3) is 0 Å². The molecule has 0 aliphatic carbocycles. The van der Waals surface area contributed by atoms with Crippen LogP contribution in [-0.4, -0.2) is 41.3 Å². The molecule has 0 heterocycles. The SMILES string of the molecule is CCC(CC)N(C)C(C)CC(C)(O)CN. The fourth-order valence-corrected chi connectivity index (χ4v) is 2.09. The molecule has 0 aliphatic heterocycles. The van der Waals surface area contributed by atoms with Crippen LogP contribution in [0, 0.1) is 0 Å². The summed E-state index contributed by atoms with van der Waals surface area (Å²) in [5, 5.41) is 9.92. The summed E-state index contributed by atoms with van der Waals surface area (Å²) >= 11 is 0. The van der Waals surface area contributed by atoms with Crippen LogP contribution in [0.1, 0.15) is 47.0 Å². The van der Waals surface area contributed by atoms with Crippen molar-refractivity contribution in [2.24, 2.45) is 5.73 Å². The van der Waals surface area contributed by atoms with Crippen molar-refractivity contribution in [3.05, 3.63) is 0 Å². The van der Waals surface area contributed by atoms with Crippen LogP contribution < -0.4 is 5.73 Å². The summed E-state index contributed by atoms with van der Waals surface area (Å²) in [5.41, 5.74) is 4.79. The third-order valence-corrected chi connectivity index (χ3v) is 3.39. The molecule has 0 aromatic carbocycles. The van der Waals surface area contributed by atoms with Crippen LogP contribution in [0.4, 0.5) is 0 Å². The second-order valence-electron chi connectivity index (χ2n) is 4.89. The van der Waals surface area contributed by atoms with E-state index in [2.05, 4.69) is 32.7 Å². The second kappa shape index (κ2) is 6.46. The minimum atomic E-state index is -0.736. The summed E-state index contributed by atoms with van der Waals surface area (Å²) in [6, 6.07) is 0.974. The van der Waals surface area contributed by atoms with Crippen LogP contribution in [0.2, 0.25) is 0 Å². The summed E-state index contributed by atoms with van der Waals surface area (Å²) < 4.78 is 0. The van der Waals surface area contributed by atoms with E-state index < -0.39 is 5.60 Å². The summed E-state index contributed by atoms with van der Waals surface area (Å²) in [6.45, 7) is 8.71. The molecule has 0 spiro atoms. The highest BCUT2D eigenvalue weighted by Gasteiger charge is 2.25. The highest BCUT2D eigenvalue weighted by Crippen LogP contribution is 2.18. The third kappa shape index (κ3) is 4.96. The molecule has 3 heteroatoms. The van der Waals surface area contributed by atoms with Gasteiger partial charge in [-0.3, -0.25) is 0 Å². The first-order valence-electron chi connectivity index (χ1n) is 6.02. The van der Waals surface area contributed by atoms with Gasteiger partial charge in [-0.05, 0) is 40.2 Å². The average molecular weight is 216 g/mol. The van der Waals surface area contributed by atoms with Gasteiger partial charge in [-0.1, -0.05) is 13.8 Å². The molecule has 2 unspecified atom stereocenters. The zero-order valence-electron chi connectivity index (χ0n) is 11.0. The number of hydrogen-bond acceptors (Lipinski definition) is 3. The van der Waals surface area contributed by atoms with Crippen molar-refractivity contribution < 1.29 is 5.11 Å². The van der Waals surface area contributed by atoms with Crippen LogP contribution in [0.5, 0.6) is 0 Å². The van der Waals surface area contributed by atoms with Gasteiger partial charge in [-0.15, -0.1) is 0 Å². The van der Waals surface area contributed by atoms with Crippen LogP contribution in [0.3, 0.4) is 0 Å². The standard InChI is InChI=1S/C12H28N2O/c1-6-11(7-2)14(5)10(3)8-12(4,15)9-13/h10-11,15H,6-9,13H2,1-5H3. The molecule has 3 nitrogen and oxygen atoms in total.